The Hall–Kier alpha value is -3.40. The fourth-order valence-electron chi connectivity index (χ4n) is 2.61. The molecule has 130 valence electrons. The first-order valence-electron chi connectivity index (χ1n) is 8.47. The number of hydrogen-bond donors (Lipinski definition) is 2. The first kappa shape index (κ1) is 17.4. The van der Waals surface area contributed by atoms with Crippen molar-refractivity contribution in [3.63, 3.8) is 0 Å². The first-order chi connectivity index (χ1) is 12.7. The molecule has 3 rings (SSSR count). The van der Waals surface area contributed by atoms with Crippen LogP contribution in [0.25, 0.3) is 0 Å². The van der Waals surface area contributed by atoms with Gasteiger partial charge in [0.1, 0.15) is 0 Å². The summed E-state index contributed by atoms with van der Waals surface area (Å²) in [6.45, 7) is 0. The molecule has 26 heavy (non-hydrogen) atoms. The lowest BCUT2D eigenvalue weighted by Gasteiger charge is -2.08. The quantitative estimate of drug-likeness (QED) is 0.709. The monoisotopic (exact) mass is 344 g/mol. The standard InChI is InChI=1S/C22H20N2O2/c25-21(15-17-7-3-1-4-8-17)23-19-11-13-20(14-12-19)24-22(26)16-18-9-5-2-6-10-18/h1-14H,15-16H2,(H,23,25)(H,24,26). The average molecular weight is 344 g/mol. The predicted octanol–water partition coefficient (Wildman–Crippen LogP) is 4.05. The van der Waals surface area contributed by atoms with Gasteiger partial charge < -0.3 is 10.6 Å². The molecule has 0 unspecified atom stereocenters. The van der Waals surface area contributed by atoms with Gasteiger partial charge >= 0.3 is 0 Å². The van der Waals surface area contributed by atoms with E-state index in [1.165, 1.54) is 0 Å². The Labute approximate surface area is 152 Å². The summed E-state index contributed by atoms with van der Waals surface area (Å²) in [6.07, 6.45) is 0.660. The van der Waals surface area contributed by atoms with Crippen molar-refractivity contribution in [1.29, 1.82) is 0 Å². The lowest BCUT2D eigenvalue weighted by Crippen LogP contribution is -2.15. The van der Waals surface area contributed by atoms with E-state index in [0.717, 1.165) is 11.1 Å². The highest BCUT2D eigenvalue weighted by Crippen LogP contribution is 2.14. The summed E-state index contributed by atoms with van der Waals surface area (Å²) in [5, 5.41) is 5.72. The van der Waals surface area contributed by atoms with Crippen molar-refractivity contribution < 1.29 is 9.59 Å². The van der Waals surface area contributed by atoms with E-state index in [2.05, 4.69) is 10.6 Å². The van der Waals surface area contributed by atoms with Crippen molar-refractivity contribution in [3.05, 3.63) is 96.1 Å². The maximum atomic E-state index is 12.1. The molecule has 0 aliphatic heterocycles. The van der Waals surface area contributed by atoms with Crippen LogP contribution >= 0.6 is 0 Å². The smallest absolute Gasteiger partial charge is 0.228 e. The van der Waals surface area contributed by atoms with Gasteiger partial charge in [-0.1, -0.05) is 60.7 Å². The first-order valence-corrected chi connectivity index (χ1v) is 8.47. The van der Waals surface area contributed by atoms with E-state index >= 15 is 0 Å². The summed E-state index contributed by atoms with van der Waals surface area (Å²) in [6, 6.07) is 26.3. The van der Waals surface area contributed by atoms with Crippen LogP contribution < -0.4 is 10.6 Å². The zero-order valence-electron chi connectivity index (χ0n) is 14.3. The predicted molar refractivity (Wildman–Crippen MR) is 104 cm³/mol. The summed E-state index contributed by atoms with van der Waals surface area (Å²) >= 11 is 0. The number of benzene rings is 3. The molecule has 0 saturated heterocycles. The number of anilines is 2. The van der Waals surface area contributed by atoms with Gasteiger partial charge in [-0.05, 0) is 35.4 Å². The second-order valence-electron chi connectivity index (χ2n) is 6.00. The van der Waals surface area contributed by atoms with Gasteiger partial charge in [0.25, 0.3) is 0 Å². The minimum absolute atomic E-state index is 0.0722. The summed E-state index contributed by atoms with van der Waals surface area (Å²) in [4.78, 5) is 24.1. The van der Waals surface area contributed by atoms with Gasteiger partial charge in [-0.2, -0.15) is 0 Å². The minimum atomic E-state index is -0.0722. The van der Waals surface area contributed by atoms with Crippen molar-refractivity contribution in [2.24, 2.45) is 0 Å². The summed E-state index contributed by atoms with van der Waals surface area (Å²) in [5.41, 5.74) is 3.34. The van der Waals surface area contributed by atoms with Gasteiger partial charge in [-0.15, -0.1) is 0 Å². The van der Waals surface area contributed by atoms with Gasteiger partial charge in [0.15, 0.2) is 0 Å². The molecular formula is C22H20N2O2. The Kier molecular flexibility index (Phi) is 5.78. The Bertz CT molecular complexity index is 785. The van der Waals surface area contributed by atoms with Crippen LogP contribution in [0.5, 0.6) is 0 Å². The van der Waals surface area contributed by atoms with Gasteiger partial charge in [-0.25, -0.2) is 0 Å². The largest absolute Gasteiger partial charge is 0.326 e. The molecule has 2 N–H and O–H groups in total. The molecule has 4 heteroatoms. The Morgan fingerprint density at radius 2 is 0.885 bits per heavy atom. The summed E-state index contributed by atoms with van der Waals surface area (Å²) < 4.78 is 0. The zero-order chi connectivity index (χ0) is 18.2. The second kappa shape index (κ2) is 8.62. The van der Waals surface area contributed by atoms with Crippen molar-refractivity contribution >= 4 is 23.2 Å². The maximum absolute atomic E-state index is 12.1. The van der Waals surface area contributed by atoms with E-state index in [-0.39, 0.29) is 11.8 Å². The molecule has 0 aliphatic carbocycles. The number of hydrogen-bond acceptors (Lipinski definition) is 2. The van der Waals surface area contributed by atoms with Crippen molar-refractivity contribution in [2.75, 3.05) is 10.6 Å². The van der Waals surface area contributed by atoms with Crippen LogP contribution in [0.2, 0.25) is 0 Å². The second-order valence-corrected chi connectivity index (χ2v) is 6.00. The molecular weight excluding hydrogens is 324 g/mol. The molecule has 3 aromatic carbocycles. The number of amides is 2. The topological polar surface area (TPSA) is 58.2 Å². The third kappa shape index (κ3) is 5.31. The molecule has 0 bridgehead atoms. The van der Waals surface area contributed by atoms with Crippen molar-refractivity contribution in [3.8, 4) is 0 Å². The van der Waals surface area contributed by atoms with Crippen LogP contribution in [-0.2, 0) is 22.4 Å². The van der Waals surface area contributed by atoms with E-state index in [4.69, 9.17) is 0 Å². The van der Waals surface area contributed by atoms with Crippen molar-refractivity contribution in [1.82, 2.24) is 0 Å². The van der Waals surface area contributed by atoms with Crippen LogP contribution in [0.3, 0.4) is 0 Å². The fourth-order valence-corrected chi connectivity index (χ4v) is 2.61. The van der Waals surface area contributed by atoms with E-state index in [9.17, 15) is 9.59 Å². The Balaban J connectivity index is 1.51. The molecule has 0 radical (unpaired) electrons. The third-order valence-electron chi connectivity index (χ3n) is 3.87. The number of carbonyl (C=O) groups is 2. The highest BCUT2D eigenvalue weighted by atomic mass is 16.2. The average Bonchev–Trinajstić information content (AvgIpc) is 2.65. The summed E-state index contributed by atoms with van der Waals surface area (Å²) in [7, 11) is 0. The van der Waals surface area contributed by atoms with Gasteiger partial charge in [-0.3, -0.25) is 9.59 Å². The molecule has 2 amide bonds. The Morgan fingerprint density at radius 3 is 1.23 bits per heavy atom. The lowest BCUT2D eigenvalue weighted by atomic mass is 10.1. The molecule has 4 nitrogen and oxygen atoms in total. The van der Waals surface area contributed by atoms with E-state index in [0.29, 0.717) is 24.2 Å². The van der Waals surface area contributed by atoms with E-state index in [1.54, 1.807) is 24.3 Å². The third-order valence-corrected chi connectivity index (χ3v) is 3.87. The SMILES string of the molecule is O=C(Cc1ccccc1)Nc1ccc(NC(=O)Cc2ccccc2)cc1. The summed E-state index contributed by atoms with van der Waals surface area (Å²) in [5.74, 6) is -0.144. The number of rotatable bonds is 6. The molecule has 0 spiro atoms. The highest BCUT2D eigenvalue weighted by molar-refractivity contribution is 5.94. The van der Waals surface area contributed by atoms with Crippen molar-refractivity contribution in [2.45, 2.75) is 12.8 Å². The van der Waals surface area contributed by atoms with Crippen LogP contribution in [-0.4, -0.2) is 11.8 Å². The van der Waals surface area contributed by atoms with Gasteiger partial charge in [0.05, 0.1) is 12.8 Å². The molecule has 0 atom stereocenters. The number of nitrogens with one attached hydrogen (secondary N) is 2. The van der Waals surface area contributed by atoms with Gasteiger partial charge in [0.2, 0.25) is 11.8 Å². The minimum Gasteiger partial charge on any atom is -0.326 e. The van der Waals surface area contributed by atoms with Crippen LogP contribution in [0.1, 0.15) is 11.1 Å². The maximum Gasteiger partial charge on any atom is 0.228 e. The Morgan fingerprint density at radius 1 is 0.538 bits per heavy atom. The molecule has 0 fully saturated rings. The molecule has 0 aromatic heterocycles. The lowest BCUT2D eigenvalue weighted by molar-refractivity contribution is -0.116. The normalized spacial score (nSPS) is 10.2. The zero-order valence-corrected chi connectivity index (χ0v) is 14.3. The molecule has 0 saturated carbocycles. The molecule has 0 aliphatic rings. The number of carbonyl (C=O) groups excluding carboxylic acids is 2. The van der Waals surface area contributed by atoms with E-state index < -0.39 is 0 Å². The fraction of sp³-hybridized carbons (Fsp3) is 0.0909. The molecule has 0 heterocycles. The molecule has 3 aromatic rings. The van der Waals surface area contributed by atoms with Crippen LogP contribution in [0.4, 0.5) is 11.4 Å². The van der Waals surface area contributed by atoms with E-state index in [1.807, 2.05) is 60.7 Å². The highest BCUT2D eigenvalue weighted by Gasteiger charge is 2.06. The van der Waals surface area contributed by atoms with Crippen LogP contribution in [0.15, 0.2) is 84.9 Å². The van der Waals surface area contributed by atoms with Crippen LogP contribution in [0, 0.1) is 0 Å². The van der Waals surface area contributed by atoms with Gasteiger partial charge in [0, 0.05) is 11.4 Å².